The van der Waals surface area contributed by atoms with E-state index in [4.69, 9.17) is 0 Å². The van der Waals surface area contributed by atoms with Crippen LogP contribution in [-0.2, 0) is 27.5 Å². The number of amides is 2. The zero-order chi connectivity index (χ0) is 24.6. The molecule has 0 bridgehead atoms. The maximum Gasteiger partial charge on any atom is 0.323 e. The van der Waals surface area contributed by atoms with Gasteiger partial charge in [-0.15, -0.1) is 0 Å². The SMILES string of the molecule is CC[N+]1(C(C)=O)CC(C(=O)NCc2cc(F)ccc2-c2cn(CC(=O)O)c3ccc(F)cc23)C1. The van der Waals surface area contributed by atoms with Crippen LogP contribution in [0.15, 0.2) is 42.6 Å². The third kappa shape index (κ3) is 4.31. The van der Waals surface area contributed by atoms with Gasteiger partial charge in [-0.2, -0.15) is 0 Å². The molecule has 3 aromatic rings. The van der Waals surface area contributed by atoms with E-state index in [0.717, 1.165) is 0 Å². The van der Waals surface area contributed by atoms with Gasteiger partial charge in [-0.05, 0) is 48.4 Å². The second-order valence-corrected chi connectivity index (χ2v) is 8.79. The van der Waals surface area contributed by atoms with Crippen LogP contribution in [0.2, 0.25) is 0 Å². The summed E-state index contributed by atoms with van der Waals surface area (Å²) >= 11 is 0. The van der Waals surface area contributed by atoms with Crippen molar-refractivity contribution in [3.8, 4) is 11.1 Å². The summed E-state index contributed by atoms with van der Waals surface area (Å²) in [6.07, 6.45) is 1.60. The second kappa shape index (κ2) is 8.98. The van der Waals surface area contributed by atoms with Crippen LogP contribution in [0.25, 0.3) is 22.0 Å². The molecule has 0 radical (unpaired) electrons. The van der Waals surface area contributed by atoms with Gasteiger partial charge in [-0.25, -0.2) is 13.6 Å². The van der Waals surface area contributed by atoms with E-state index in [1.165, 1.54) is 41.8 Å². The number of carboxylic acids is 1. The van der Waals surface area contributed by atoms with E-state index in [1.807, 2.05) is 6.92 Å². The van der Waals surface area contributed by atoms with Gasteiger partial charge in [0.1, 0.15) is 37.2 Å². The van der Waals surface area contributed by atoms with Crippen molar-refractivity contribution >= 4 is 28.7 Å². The van der Waals surface area contributed by atoms with Gasteiger partial charge in [0.15, 0.2) is 0 Å². The summed E-state index contributed by atoms with van der Waals surface area (Å²) in [6, 6.07) is 8.19. The van der Waals surface area contributed by atoms with Crippen molar-refractivity contribution in [1.82, 2.24) is 9.88 Å². The Bertz CT molecular complexity index is 1290. The van der Waals surface area contributed by atoms with Crippen LogP contribution >= 0.6 is 0 Å². The monoisotopic (exact) mass is 470 g/mol. The number of aliphatic carboxylic acids is 1. The van der Waals surface area contributed by atoms with Crippen molar-refractivity contribution in [2.75, 3.05) is 19.6 Å². The van der Waals surface area contributed by atoms with Crippen LogP contribution in [0.1, 0.15) is 19.4 Å². The van der Waals surface area contributed by atoms with Crippen LogP contribution in [-0.4, -0.2) is 51.6 Å². The van der Waals surface area contributed by atoms with Crippen LogP contribution in [0.5, 0.6) is 0 Å². The Morgan fingerprint density at radius 3 is 2.41 bits per heavy atom. The van der Waals surface area contributed by atoms with Crippen molar-refractivity contribution in [2.45, 2.75) is 26.9 Å². The molecule has 1 aromatic heterocycles. The average Bonchev–Trinajstić information content (AvgIpc) is 3.08. The molecule has 0 spiro atoms. The molecule has 2 heterocycles. The number of nitrogens with one attached hydrogen (secondary N) is 1. The highest BCUT2D eigenvalue weighted by Gasteiger charge is 2.50. The lowest BCUT2D eigenvalue weighted by molar-refractivity contribution is -0.898. The van der Waals surface area contributed by atoms with Crippen molar-refractivity contribution in [3.63, 3.8) is 0 Å². The maximum atomic E-state index is 14.1. The Labute approximate surface area is 195 Å². The molecule has 4 rings (SSSR count). The lowest BCUT2D eigenvalue weighted by atomic mass is 9.94. The van der Waals surface area contributed by atoms with Crippen LogP contribution in [0.4, 0.5) is 8.78 Å². The van der Waals surface area contributed by atoms with E-state index in [9.17, 15) is 28.3 Å². The number of benzene rings is 2. The minimum Gasteiger partial charge on any atom is -0.480 e. The number of likely N-dealkylation sites (tertiary alicyclic amines) is 1. The van der Waals surface area contributed by atoms with Gasteiger partial charge in [0, 0.05) is 29.2 Å². The predicted molar refractivity (Wildman–Crippen MR) is 121 cm³/mol. The molecule has 2 aromatic carbocycles. The molecule has 1 aliphatic heterocycles. The molecule has 1 fully saturated rings. The Hall–Kier alpha value is -3.59. The lowest BCUT2D eigenvalue weighted by Crippen LogP contribution is -2.68. The summed E-state index contributed by atoms with van der Waals surface area (Å²) in [5, 5.41) is 12.6. The number of halogens is 2. The fourth-order valence-corrected chi connectivity index (χ4v) is 4.75. The summed E-state index contributed by atoms with van der Waals surface area (Å²) in [7, 11) is 0. The Morgan fingerprint density at radius 1 is 1.09 bits per heavy atom. The molecule has 0 unspecified atom stereocenters. The zero-order valence-electron chi connectivity index (χ0n) is 19.0. The Balaban J connectivity index is 1.62. The van der Waals surface area contributed by atoms with Gasteiger partial charge < -0.3 is 15.0 Å². The van der Waals surface area contributed by atoms with Crippen LogP contribution < -0.4 is 5.32 Å². The van der Waals surface area contributed by atoms with Gasteiger partial charge in [-0.3, -0.25) is 14.1 Å². The standard InChI is InChI=1S/C25H25F2N3O4/c1-3-30(15(2)31)13-17(14-30)25(34)28-10-16-8-18(26)4-6-20(16)22-11-29(12-24(32)33)23-7-5-19(27)9-21(22)23/h4-9,11,17H,3,10,12-14H2,1-2H3,(H-,28,32,33,34)/p+1. The van der Waals surface area contributed by atoms with Crippen molar-refractivity contribution < 1.29 is 32.8 Å². The molecule has 9 heteroatoms. The first-order chi connectivity index (χ1) is 16.1. The fraction of sp³-hybridized carbons (Fsp3) is 0.320. The summed E-state index contributed by atoms with van der Waals surface area (Å²) in [5.41, 5.74) is 2.12. The third-order valence-electron chi connectivity index (χ3n) is 6.74. The first-order valence-electron chi connectivity index (χ1n) is 11.1. The van der Waals surface area contributed by atoms with Gasteiger partial charge in [0.25, 0.3) is 0 Å². The highest BCUT2D eigenvalue weighted by molar-refractivity contribution is 5.97. The largest absolute Gasteiger partial charge is 0.480 e. The normalized spacial score (nSPS) is 19.6. The van der Waals surface area contributed by atoms with Gasteiger partial charge in [0.05, 0.1) is 13.5 Å². The number of quaternary nitrogens is 1. The predicted octanol–water partition coefficient (Wildman–Crippen LogP) is 3.30. The zero-order valence-corrected chi connectivity index (χ0v) is 19.0. The molecule has 1 aliphatic rings. The molecule has 178 valence electrons. The Morgan fingerprint density at radius 2 is 1.76 bits per heavy atom. The topological polar surface area (TPSA) is 88.4 Å². The first-order valence-corrected chi connectivity index (χ1v) is 11.1. The molecular formula is C25H26F2N3O4+. The van der Waals surface area contributed by atoms with Crippen molar-refractivity contribution in [1.29, 1.82) is 0 Å². The molecular weight excluding hydrogens is 444 g/mol. The highest BCUT2D eigenvalue weighted by atomic mass is 19.1. The summed E-state index contributed by atoms with van der Waals surface area (Å²) in [5.74, 6) is -2.50. The third-order valence-corrected chi connectivity index (χ3v) is 6.74. The Kier molecular flexibility index (Phi) is 6.22. The molecule has 34 heavy (non-hydrogen) atoms. The molecule has 0 saturated carbocycles. The molecule has 2 amide bonds. The van der Waals surface area contributed by atoms with E-state index >= 15 is 0 Å². The number of hydrogen-bond donors (Lipinski definition) is 2. The first kappa shape index (κ1) is 23.6. The number of rotatable bonds is 7. The molecule has 0 atom stereocenters. The number of hydrogen-bond acceptors (Lipinski definition) is 3. The minimum absolute atomic E-state index is 0.0314. The van der Waals surface area contributed by atoms with E-state index < -0.39 is 17.6 Å². The average molecular weight is 470 g/mol. The quantitative estimate of drug-likeness (QED) is 0.519. The van der Waals surface area contributed by atoms with Crippen molar-refractivity contribution in [3.05, 3.63) is 59.8 Å². The smallest absolute Gasteiger partial charge is 0.323 e. The number of fused-ring (bicyclic) bond motifs is 1. The number of carbonyl (C=O) groups excluding carboxylic acids is 2. The number of aromatic nitrogens is 1. The maximum absolute atomic E-state index is 14.1. The molecule has 7 nitrogen and oxygen atoms in total. The second-order valence-electron chi connectivity index (χ2n) is 8.79. The minimum atomic E-state index is -1.05. The molecule has 2 N–H and O–H groups in total. The van der Waals surface area contributed by atoms with E-state index in [2.05, 4.69) is 5.32 Å². The molecule has 1 saturated heterocycles. The number of carbonyl (C=O) groups is 3. The van der Waals surface area contributed by atoms with Gasteiger partial charge >= 0.3 is 11.9 Å². The van der Waals surface area contributed by atoms with E-state index in [-0.39, 0.29) is 35.3 Å². The van der Waals surface area contributed by atoms with Crippen molar-refractivity contribution in [2.24, 2.45) is 5.92 Å². The lowest BCUT2D eigenvalue weighted by Gasteiger charge is -2.46. The highest BCUT2D eigenvalue weighted by Crippen LogP contribution is 2.34. The fourth-order valence-electron chi connectivity index (χ4n) is 4.75. The summed E-state index contributed by atoms with van der Waals surface area (Å²) < 4.78 is 29.9. The van der Waals surface area contributed by atoms with Gasteiger partial charge in [0.2, 0.25) is 5.91 Å². The van der Waals surface area contributed by atoms with Gasteiger partial charge in [-0.1, -0.05) is 6.07 Å². The van der Waals surface area contributed by atoms with E-state index in [0.29, 0.717) is 47.2 Å². The molecule has 0 aliphatic carbocycles. The summed E-state index contributed by atoms with van der Waals surface area (Å²) in [6.45, 7) is 4.67. The summed E-state index contributed by atoms with van der Waals surface area (Å²) in [4.78, 5) is 35.9. The number of carboxylic acid groups (broad SMARTS) is 1. The van der Waals surface area contributed by atoms with E-state index in [1.54, 1.807) is 12.3 Å². The van der Waals surface area contributed by atoms with Crippen LogP contribution in [0, 0.1) is 17.6 Å². The number of nitrogens with zero attached hydrogens (tertiary/aromatic N) is 2. The van der Waals surface area contributed by atoms with Crippen LogP contribution in [0.3, 0.4) is 0 Å².